The summed E-state index contributed by atoms with van der Waals surface area (Å²) < 4.78 is 16.1. The minimum Gasteiger partial charge on any atom is -0.465 e. The second-order valence-corrected chi connectivity index (χ2v) is 10.7. The molecule has 186 valence electrons. The Labute approximate surface area is 208 Å². The number of piperazine rings is 1. The van der Waals surface area contributed by atoms with Gasteiger partial charge in [0.05, 0.1) is 16.1 Å². The number of carbonyl (C=O) groups is 1. The monoisotopic (exact) mass is 501 g/mol. The van der Waals surface area contributed by atoms with Gasteiger partial charge in [-0.05, 0) is 37.5 Å². The summed E-state index contributed by atoms with van der Waals surface area (Å²) in [5.74, 6) is -0.0680. The molecular weight excluding hydrogens is 473 g/mol. The summed E-state index contributed by atoms with van der Waals surface area (Å²) in [4.78, 5) is 37.4. The number of nitrogens with zero attached hydrogens (tertiary/aromatic N) is 5. The van der Waals surface area contributed by atoms with Crippen molar-refractivity contribution in [1.82, 2.24) is 19.4 Å². The van der Waals surface area contributed by atoms with E-state index < -0.39 is 17.6 Å². The van der Waals surface area contributed by atoms with Crippen molar-refractivity contribution >= 4 is 34.5 Å². The zero-order valence-electron chi connectivity index (χ0n) is 20.4. The number of carboxylic acid groups (broad SMARTS) is 1. The minimum absolute atomic E-state index is 0.233. The molecule has 1 saturated heterocycles. The van der Waals surface area contributed by atoms with E-state index in [0.717, 1.165) is 0 Å². The third-order valence-corrected chi connectivity index (χ3v) is 6.44. The first-order valence-corrected chi connectivity index (χ1v) is 11.9. The highest BCUT2D eigenvalue weighted by molar-refractivity contribution is 6.33. The van der Waals surface area contributed by atoms with E-state index in [4.69, 9.17) is 16.6 Å². The van der Waals surface area contributed by atoms with E-state index in [1.54, 1.807) is 24.3 Å². The Kier molecular flexibility index (Phi) is 6.48. The molecule has 1 aliphatic rings. The van der Waals surface area contributed by atoms with Gasteiger partial charge in [-0.2, -0.15) is 4.98 Å². The van der Waals surface area contributed by atoms with E-state index >= 15 is 0 Å². The zero-order chi connectivity index (χ0) is 25.7. The molecule has 1 N–H and O–H groups in total. The summed E-state index contributed by atoms with van der Waals surface area (Å²) in [5, 5.41) is 10.3. The smallest absolute Gasteiger partial charge is 0.407 e. The van der Waals surface area contributed by atoms with Crippen molar-refractivity contribution in [2.45, 2.75) is 53.2 Å². The summed E-state index contributed by atoms with van der Waals surface area (Å²) in [6.45, 7) is 10.7. The maximum atomic E-state index is 14.6. The van der Waals surface area contributed by atoms with Crippen LogP contribution in [0.2, 0.25) is 5.02 Å². The molecule has 0 bridgehead atoms. The lowest BCUT2D eigenvalue weighted by molar-refractivity contribution is 0.114. The van der Waals surface area contributed by atoms with Gasteiger partial charge >= 0.3 is 11.8 Å². The van der Waals surface area contributed by atoms with Crippen LogP contribution in [0.25, 0.3) is 22.3 Å². The van der Waals surface area contributed by atoms with Gasteiger partial charge in [0, 0.05) is 37.3 Å². The maximum Gasteiger partial charge on any atom is 0.407 e. The van der Waals surface area contributed by atoms with Crippen LogP contribution in [0.1, 0.15) is 34.6 Å². The van der Waals surface area contributed by atoms with Crippen LogP contribution in [0.3, 0.4) is 0 Å². The van der Waals surface area contributed by atoms with E-state index in [9.17, 15) is 19.1 Å². The maximum absolute atomic E-state index is 14.6. The number of hydrogen-bond donors (Lipinski definition) is 1. The predicted molar refractivity (Wildman–Crippen MR) is 135 cm³/mol. The van der Waals surface area contributed by atoms with Crippen molar-refractivity contribution in [3.05, 3.63) is 51.7 Å². The van der Waals surface area contributed by atoms with Crippen molar-refractivity contribution < 1.29 is 14.3 Å². The predicted octanol–water partition coefficient (Wildman–Crippen LogP) is 4.87. The summed E-state index contributed by atoms with van der Waals surface area (Å²) in [5.41, 5.74) is 0.113. The highest BCUT2D eigenvalue weighted by Gasteiger charge is 2.34. The number of anilines is 1. The molecule has 0 radical (unpaired) electrons. The van der Waals surface area contributed by atoms with Crippen LogP contribution < -0.4 is 10.6 Å². The van der Waals surface area contributed by atoms with E-state index in [-0.39, 0.29) is 40.3 Å². The van der Waals surface area contributed by atoms with Crippen molar-refractivity contribution in [2.24, 2.45) is 5.41 Å². The molecule has 0 spiro atoms. The first-order chi connectivity index (χ1) is 16.4. The molecule has 2 atom stereocenters. The summed E-state index contributed by atoms with van der Waals surface area (Å²) >= 11 is 6.63. The second kappa shape index (κ2) is 9.11. The van der Waals surface area contributed by atoms with Gasteiger partial charge in [-0.1, -0.05) is 44.5 Å². The Bertz CT molecular complexity index is 1350. The minimum atomic E-state index is -0.985. The highest BCUT2D eigenvalue weighted by Crippen LogP contribution is 2.35. The summed E-state index contributed by atoms with van der Waals surface area (Å²) in [6.07, 6.45) is -0.985. The zero-order valence-corrected chi connectivity index (χ0v) is 21.2. The molecule has 1 amide bonds. The molecule has 1 fully saturated rings. The molecule has 1 aromatic carbocycles. The number of benzene rings is 1. The molecule has 4 rings (SSSR count). The van der Waals surface area contributed by atoms with Crippen molar-refractivity contribution in [3.63, 3.8) is 0 Å². The molecular formula is C25H29ClFN5O3. The Morgan fingerprint density at radius 2 is 1.86 bits per heavy atom. The highest BCUT2D eigenvalue weighted by atomic mass is 35.5. The fourth-order valence-electron chi connectivity index (χ4n) is 4.52. The molecule has 1 aliphatic heterocycles. The van der Waals surface area contributed by atoms with E-state index in [1.807, 2.05) is 39.5 Å². The van der Waals surface area contributed by atoms with Gasteiger partial charge in [-0.25, -0.2) is 19.0 Å². The second-order valence-electron chi connectivity index (χ2n) is 10.3. The van der Waals surface area contributed by atoms with Crippen LogP contribution in [-0.4, -0.2) is 55.8 Å². The van der Waals surface area contributed by atoms with Crippen molar-refractivity contribution in [1.29, 1.82) is 0 Å². The van der Waals surface area contributed by atoms with E-state index in [0.29, 0.717) is 29.9 Å². The van der Waals surface area contributed by atoms with Crippen LogP contribution in [0.4, 0.5) is 15.0 Å². The average Bonchev–Trinajstić information content (AvgIpc) is 2.76. The molecule has 35 heavy (non-hydrogen) atoms. The summed E-state index contributed by atoms with van der Waals surface area (Å²) in [7, 11) is 0. The lowest BCUT2D eigenvalue weighted by atomic mass is 9.97. The Morgan fingerprint density at radius 1 is 1.17 bits per heavy atom. The Balaban J connectivity index is 1.96. The number of rotatable bonds is 3. The van der Waals surface area contributed by atoms with Gasteiger partial charge < -0.3 is 14.9 Å². The Hall–Kier alpha value is -3.20. The molecule has 0 aliphatic carbocycles. The SMILES string of the molecule is C[C@@H]1CN(c2nc(=O)n(CC(C)(C)C)c3nc(-c4ccccc4F)c(Cl)cc23)[C@@H](C)CN1C(=O)O. The number of halogens is 2. The third-order valence-electron chi connectivity index (χ3n) is 6.15. The van der Waals surface area contributed by atoms with Crippen molar-refractivity contribution in [2.75, 3.05) is 18.0 Å². The van der Waals surface area contributed by atoms with Crippen LogP contribution in [-0.2, 0) is 6.54 Å². The van der Waals surface area contributed by atoms with Crippen LogP contribution >= 0.6 is 11.6 Å². The standard InChI is InChI=1S/C25H29ClFN5O3/c1-14-12-31(24(34)35)15(2)11-30(14)22-17-10-18(26)20(16-8-6-7-9-19(16)27)28-21(17)32(23(33)29-22)13-25(3,4)5/h6-10,14-15H,11-13H2,1-5H3,(H,34,35)/t14-,15+/m0/s1. The quantitative estimate of drug-likeness (QED) is 0.550. The largest absolute Gasteiger partial charge is 0.465 e. The average molecular weight is 502 g/mol. The van der Waals surface area contributed by atoms with Gasteiger partial charge in [0.2, 0.25) is 0 Å². The van der Waals surface area contributed by atoms with E-state index in [1.165, 1.54) is 15.5 Å². The Morgan fingerprint density at radius 3 is 2.49 bits per heavy atom. The van der Waals surface area contributed by atoms with Crippen molar-refractivity contribution in [3.8, 4) is 11.3 Å². The number of aromatic nitrogens is 3. The normalized spacial score (nSPS) is 18.8. The molecule has 8 nitrogen and oxygen atoms in total. The summed E-state index contributed by atoms with van der Waals surface area (Å²) in [6, 6.07) is 7.35. The number of fused-ring (bicyclic) bond motifs is 1. The number of amides is 1. The number of pyridine rings is 1. The molecule has 2 aromatic heterocycles. The first-order valence-electron chi connectivity index (χ1n) is 11.5. The fourth-order valence-corrected chi connectivity index (χ4v) is 4.77. The molecule has 0 saturated carbocycles. The van der Waals surface area contributed by atoms with Gasteiger partial charge in [0.15, 0.2) is 0 Å². The lowest BCUT2D eigenvalue weighted by Gasteiger charge is -2.43. The van der Waals surface area contributed by atoms with E-state index in [2.05, 4.69) is 4.98 Å². The molecule has 10 heteroatoms. The molecule has 3 heterocycles. The van der Waals surface area contributed by atoms with Gasteiger partial charge in [0.25, 0.3) is 0 Å². The van der Waals surface area contributed by atoms with Crippen LogP contribution in [0.15, 0.2) is 35.1 Å². The fraction of sp³-hybridized carbons (Fsp3) is 0.440. The van der Waals surface area contributed by atoms with Gasteiger partial charge in [-0.15, -0.1) is 0 Å². The topological polar surface area (TPSA) is 91.6 Å². The lowest BCUT2D eigenvalue weighted by Crippen LogP contribution is -2.58. The van der Waals surface area contributed by atoms with Gasteiger partial charge in [0.1, 0.15) is 17.3 Å². The third kappa shape index (κ3) is 4.82. The molecule has 0 unspecified atom stereocenters. The van der Waals surface area contributed by atoms with Crippen LogP contribution in [0, 0.1) is 11.2 Å². The first kappa shape index (κ1) is 24.9. The number of hydrogen-bond acceptors (Lipinski definition) is 5. The molecule has 3 aromatic rings. The van der Waals surface area contributed by atoms with Crippen LogP contribution in [0.5, 0.6) is 0 Å². The van der Waals surface area contributed by atoms with Gasteiger partial charge in [-0.3, -0.25) is 4.57 Å².